The summed E-state index contributed by atoms with van der Waals surface area (Å²) in [7, 11) is 0. The molecule has 0 bridgehead atoms. The maximum atomic E-state index is 11.8. The van der Waals surface area contributed by atoms with E-state index in [1.165, 1.54) is 25.7 Å². The van der Waals surface area contributed by atoms with Gasteiger partial charge < -0.3 is 35.7 Å². The van der Waals surface area contributed by atoms with Gasteiger partial charge >= 0.3 is 5.97 Å². The van der Waals surface area contributed by atoms with E-state index < -0.39 is 30.1 Å². The molecule has 0 aliphatic rings. The number of Topliss-reactive ketones (excluding diaryl/α,β-unsaturated/α-hetero) is 1. The molecule has 0 radical (unpaired) electrons. The van der Waals surface area contributed by atoms with Crippen molar-refractivity contribution in [2.75, 3.05) is 46.1 Å². The first-order chi connectivity index (χ1) is 15.3. The summed E-state index contributed by atoms with van der Waals surface area (Å²) in [4.78, 5) is 24.6. The lowest BCUT2D eigenvalue weighted by atomic mass is 9.89. The third-order valence-electron chi connectivity index (χ3n) is 5.16. The third-order valence-corrected chi connectivity index (χ3v) is 5.16. The second-order valence-electron chi connectivity index (χ2n) is 7.78. The number of carbonyl (C=O) groups excluding carboxylic acids is 1. The van der Waals surface area contributed by atoms with Gasteiger partial charge in [-0.1, -0.05) is 58.3 Å². The number of hydrogen-bond acceptors (Lipinski definition) is 9. The van der Waals surface area contributed by atoms with Gasteiger partial charge in [0.15, 0.2) is 5.78 Å². The van der Waals surface area contributed by atoms with Crippen LogP contribution in [0.4, 0.5) is 0 Å². The molecule has 32 heavy (non-hydrogen) atoms. The van der Waals surface area contributed by atoms with Crippen molar-refractivity contribution in [2.24, 2.45) is 0 Å². The van der Waals surface area contributed by atoms with Crippen molar-refractivity contribution in [1.29, 1.82) is 0 Å². The molecule has 0 aromatic rings. The predicted octanol–water partition coefficient (Wildman–Crippen LogP) is -0.0894. The Morgan fingerprint density at radius 2 is 1.19 bits per heavy atom. The summed E-state index contributed by atoms with van der Waals surface area (Å²) in [5.74, 6) is -2.78. The van der Waals surface area contributed by atoms with Crippen LogP contribution < -0.4 is 0 Å². The molecule has 10 nitrogen and oxygen atoms in total. The van der Waals surface area contributed by atoms with Crippen LogP contribution in [0, 0.1) is 0 Å². The lowest BCUT2D eigenvalue weighted by Crippen LogP contribution is -2.57. The maximum absolute atomic E-state index is 11.8. The Labute approximate surface area is 191 Å². The minimum absolute atomic E-state index is 0.0694. The summed E-state index contributed by atoms with van der Waals surface area (Å²) in [6.07, 6.45) is 7.29. The SMILES string of the molecule is CCCCCCCCCCCC(=O)[C@@](O)(C(=O)O)[C@H](O)CO.OCCN(CCO)CCO. The lowest BCUT2D eigenvalue weighted by Gasteiger charge is -2.25. The smallest absolute Gasteiger partial charge is 0.346 e. The van der Waals surface area contributed by atoms with Crippen LogP contribution in [0.3, 0.4) is 0 Å². The Morgan fingerprint density at radius 3 is 1.53 bits per heavy atom. The van der Waals surface area contributed by atoms with E-state index in [9.17, 15) is 19.8 Å². The van der Waals surface area contributed by atoms with Crippen LogP contribution in [0.2, 0.25) is 0 Å². The first-order valence-electron chi connectivity index (χ1n) is 11.6. The van der Waals surface area contributed by atoms with Crippen molar-refractivity contribution in [3.05, 3.63) is 0 Å². The first kappa shape index (κ1) is 33.0. The fourth-order valence-electron chi connectivity index (χ4n) is 3.13. The number of rotatable bonds is 20. The van der Waals surface area contributed by atoms with E-state index in [1.807, 2.05) is 0 Å². The van der Waals surface area contributed by atoms with Gasteiger partial charge in [0.05, 0.1) is 26.4 Å². The summed E-state index contributed by atoms with van der Waals surface area (Å²) in [6.45, 7) is 2.94. The molecule has 0 aromatic heterocycles. The van der Waals surface area contributed by atoms with Crippen molar-refractivity contribution in [3.8, 4) is 0 Å². The first-order valence-corrected chi connectivity index (χ1v) is 11.6. The zero-order valence-electron chi connectivity index (χ0n) is 19.5. The number of aliphatic carboxylic acids is 1. The molecule has 0 fully saturated rings. The molecule has 2 atom stereocenters. The second-order valence-corrected chi connectivity index (χ2v) is 7.78. The van der Waals surface area contributed by atoms with E-state index >= 15 is 0 Å². The zero-order chi connectivity index (χ0) is 24.8. The normalized spacial score (nSPS) is 13.9. The molecule has 0 aliphatic heterocycles. The van der Waals surface area contributed by atoms with Crippen LogP contribution in [0.15, 0.2) is 0 Å². The average Bonchev–Trinajstić information content (AvgIpc) is 2.77. The van der Waals surface area contributed by atoms with Crippen LogP contribution >= 0.6 is 0 Å². The van der Waals surface area contributed by atoms with Gasteiger partial charge in [0.25, 0.3) is 0 Å². The quantitative estimate of drug-likeness (QED) is 0.0945. The molecular weight excluding hydrogens is 422 g/mol. The van der Waals surface area contributed by atoms with Gasteiger partial charge in [-0.15, -0.1) is 0 Å². The molecule has 0 heterocycles. The highest BCUT2D eigenvalue weighted by molar-refractivity contribution is 6.06. The zero-order valence-corrected chi connectivity index (χ0v) is 19.5. The van der Waals surface area contributed by atoms with Gasteiger partial charge in [0.2, 0.25) is 5.60 Å². The van der Waals surface area contributed by atoms with Gasteiger partial charge in [-0.05, 0) is 6.42 Å². The summed E-state index contributed by atoms with van der Waals surface area (Å²) in [5, 5.41) is 62.3. The molecule has 10 heteroatoms. The van der Waals surface area contributed by atoms with E-state index in [0.29, 0.717) is 26.1 Å². The number of carboxylic acids is 1. The molecule has 0 aromatic carbocycles. The molecule has 0 amide bonds. The van der Waals surface area contributed by atoms with Gasteiger partial charge in [-0.25, -0.2) is 4.79 Å². The highest BCUT2D eigenvalue weighted by Crippen LogP contribution is 2.18. The number of carboxylic acid groups (broad SMARTS) is 1. The van der Waals surface area contributed by atoms with Crippen LogP contribution in [-0.4, -0.2) is 110 Å². The monoisotopic (exact) mass is 467 g/mol. The van der Waals surface area contributed by atoms with Gasteiger partial charge in [0.1, 0.15) is 6.10 Å². The van der Waals surface area contributed by atoms with E-state index in [2.05, 4.69) is 6.92 Å². The van der Waals surface area contributed by atoms with Crippen LogP contribution in [0.25, 0.3) is 0 Å². The Morgan fingerprint density at radius 1 is 0.781 bits per heavy atom. The molecule has 7 N–H and O–H groups in total. The van der Waals surface area contributed by atoms with Crippen molar-refractivity contribution >= 4 is 11.8 Å². The van der Waals surface area contributed by atoms with E-state index in [0.717, 1.165) is 25.7 Å². The second kappa shape index (κ2) is 21.7. The Bertz CT molecular complexity index is 450. The van der Waals surface area contributed by atoms with Crippen LogP contribution in [0.1, 0.15) is 71.1 Å². The maximum Gasteiger partial charge on any atom is 0.346 e. The number of nitrogens with zero attached hydrogens (tertiary/aromatic N) is 1. The van der Waals surface area contributed by atoms with Gasteiger partial charge in [0, 0.05) is 26.1 Å². The van der Waals surface area contributed by atoms with E-state index in [1.54, 1.807) is 4.90 Å². The molecule has 0 aliphatic carbocycles. The summed E-state index contributed by atoms with van der Waals surface area (Å²) in [6, 6.07) is 0. The number of hydrogen-bond donors (Lipinski definition) is 7. The number of aliphatic hydroxyl groups excluding tert-OH is 5. The van der Waals surface area contributed by atoms with Crippen molar-refractivity contribution in [2.45, 2.75) is 82.8 Å². The third kappa shape index (κ3) is 14.8. The summed E-state index contributed by atoms with van der Waals surface area (Å²) in [5.41, 5.74) is -2.91. The average molecular weight is 468 g/mol. The Kier molecular flexibility index (Phi) is 22.4. The predicted molar refractivity (Wildman–Crippen MR) is 120 cm³/mol. The topological polar surface area (TPSA) is 179 Å². The van der Waals surface area contributed by atoms with Crippen molar-refractivity contribution in [3.63, 3.8) is 0 Å². The van der Waals surface area contributed by atoms with Crippen molar-refractivity contribution in [1.82, 2.24) is 4.90 Å². The molecule has 0 saturated heterocycles. The molecule has 192 valence electrons. The number of aliphatic hydroxyl groups is 6. The number of ketones is 1. The number of carbonyl (C=O) groups is 2. The largest absolute Gasteiger partial charge is 0.479 e. The molecule has 0 saturated carbocycles. The molecule has 0 spiro atoms. The molecule has 0 unspecified atom stereocenters. The summed E-state index contributed by atoms with van der Waals surface area (Å²) >= 11 is 0. The van der Waals surface area contributed by atoms with Gasteiger partial charge in [-0.3, -0.25) is 9.69 Å². The van der Waals surface area contributed by atoms with Gasteiger partial charge in [-0.2, -0.15) is 0 Å². The minimum Gasteiger partial charge on any atom is -0.479 e. The highest BCUT2D eigenvalue weighted by Gasteiger charge is 2.49. The minimum atomic E-state index is -2.91. The van der Waals surface area contributed by atoms with Crippen LogP contribution in [-0.2, 0) is 9.59 Å². The highest BCUT2D eigenvalue weighted by atomic mass is 16.4. The van der Waals surface area contributed by atoms with Crippen molar-refractivity contribution < 1.29 is 45.3 Å². The molecule has 0 rings (SSSR count). The standard InChI is InChI=1S/C16H30O6.C6H15NO3/c1-2-3-4-5-6-7-8-9-10-11-13(18)16(22,15(20)21)14(19)12-17;8-4-1-7(2-5-9)3-6-10/h14,17,19,22H,2-12H2,1H3,(H,20,21);8-10H,1-6H2/t14-,16+;/m1./s1. The van der Waals surface area contributed by atoms with E-state index in [4.69, 9.17) is 25.5 Å². The van der Waals surface area contributed by atoms with E-state index in [-0.39, 0.29) is 26.2 Å². The van der Waals surface area contributed by atoms with Crippen LogP contribution in [0.5, 0.6) is 0 Å². The molecular formula is C22H45NO9. The Balaban J connectivity index is 0. The fraction of sp³-hybridized carbons (Fsp3) is 0.909. The Hall–Kier alpha value is -1.14. The summed E-state index contributed by atoms with van der Waals surface area (Å²) < 4.78 is 0. The fourth-order valence-corrected chi connectivity index (χ4v) is 3.13. The number of unbranched alkanes of at least 4 members (excludes halogenated alkanes) is 8. The lowest BCUT2D eigenvalue weighted by molar-refractivity contribution is -0.180.